The van der Waals surface area contributed by atoms with Gasteiger partial charge in [-0.05, 0) is 30.7 Å². The molecule has 0 fully saturated rings. The number of amides is 2. The van der Waals surface area contributed by atoms with Gasteiger partial charge in [0.05, 0.1) is 6.20 Å². The van der Waals surface area contributed by atoms with Gasteiger partial charge in [0, 0.05) is 24.4 Å². The summed E-state index contributed by atoms with van der Waals surface area (Å²) in [7, 11) is 0. The summed E-state index contributed by atoms with van der Waals surface area (Å²) < 4.78 is 5.17. The molecule has 2 rings (SSSR count). The fourth-order valence-electron chi connectivity index (χ4n) is 1.52. The van der Waals surface area contributed by atoms with Crippen molar-refractivity contribution in [2.45, 2.75) is 6.42 Å². The van der Waals surface area contributed by atoms with Crippen molar-refractivity contribution in [3.8, 4) is 11.5 Å². The second-order valence-corrected chi connectivity index (χ2v) is 3.87. The number of oxazole rings is 1. The molecule has 6 heteroatoms. The molecule has 1 heterocycles. The predicted octanol–water partition coefficient (Wildman–Crippen LogP) is 1.85. The van der Waals surface area contributed by atoms with Gasteiger partial charge in [-0.25, -0.2) is 9.78 Å². The normalized spacial score (nSPS) is 10.2. The SMILES string of the molecule is O=C(NCCCO)Nc1ccc(-c2ncco2)cc1. The largest absolute Gasteiger partial charge is 0.445 e. The molecule has 0 atom stereocenters. The van der Waals surface area contributed by atoms with Gasteiger partial charge in [0.1, 0.15) is 6.26 Å². The number of aromatic nitrogens is 1. The molecule has 1 aromatic carbocycles. The van der Waals surface area contributed by atoms with Crippen LogP contribution in [0.2, 0.25) is 0 Å². The minimum absolute atomic E-state index is 0.0606. The first-order valence-electron chi connectivity index (χ1n) is 5.95. The van der Waals surface area contributed by atoms with E-state index in [2.05, 4.69) is 15.6 Å². The molecule has 2 amide bonds. The van der Waals surface area contributed by atoms with E-state index in [1.807, 2.05) is 12.1 Å². The fraction of sp³-hybridized carbons (Fsp3) is 0.231. The molecule has 1 aromatic heterocycles. The number of nitrogens with zero attached hydrogens (tertiary/aromatic N) is 1. The Hall–Kier alpha value is -2.34. The molecule has 0 radical (unpaired) electrons. The first-order chi connectivity index (χ1) is 9.29. The summed E-state index contributed by atoms with van der Waals surface area (Å²) >= 11 is 0. The summed E-state index contributed by atoms with van der Waals surface area (Å²) in [5, 5.41) is 13.9. The second-order valence-electron chi connectivity index (χ2n) is 3.87. The third-order valence-corrected chi connectivity index (χ3v) is 2.44. The molecule has 19 heavy (non-hydrogen) atoms. The number of benzene rings is 1. The lowest BCUT2D eigenvalue weighted by molar-refractivity contribution is 0.249. The number of aliphatic hydroxyl groups is 1. The second kappa shape index (κ2) is 6.55. The third kappa shape index (κ3) is 3.82. The number of rotatable bonds is 5. The van der Waals surface area contributed by atoms with Crippen molar-refractivity contribution < 1.29 is 14.3 Å². The highest BCUT2D eigenvalue weighted by molar-refractivity contribution is 5.89. The van der Waals surface area contributed by atoms with Crippen molar-refractivity contribution in [2.24, 2.45) is 0 Å². The van der Waals surface area contributed by atoms with Crippen LogP contribution < -0.4 is 10.6 Å². The Kier molecular flexibility index (Phi) is 4.52. The molecular weight excluding hydrogens is 246 g/mol. The standard InChI is InChI=1S/C13H15N3O3/c17-8-1-6-15-13(18)16-11-4-2-10(3-5-11)12-14-7-9-19-12/h2-5,7,9,17H,1,6,8H2,(H2,15,16,18). The van der Waals surface area contributed by atoms with Crippen LogP contribution in [0.4, 0.5) is 10.5 Å². The first kappa shape index (κ1) is 13.1. The lowest BCUT2D eigenvalue weighted by atomic mass is 10.2. The highest BCUT2D eigenvalue weighted by Crippen LogP contribution is 2.19. The number of aliphatic hydroxyl groups excluding tert-OH is 1. The number of anilines is 1. The quantitative estimate of drug-likeness (QED) is 0.717. The van der Waals surface area contributed by atoms with Crippen LogP contribution in [0.5, 0.6) is 0 Å². The molecule has 0 aliphatic rings. The van der Waals surface area contributed by atoms with Gasteiger partial charge in [-0.3, -0.25) is 0 Å². The summed E-state index contributed by atoms with van der Waals surface area (Å²) in [4.78, 5) is 15.5. The zero-order chi connectivity index (χ0) is 13.5. The summed E-state index contributed by atoms with van der Waals surface area (Å²) in [5.74, 6) is 0.541. The van der Waals surface area contributed by atoms with E-state index in [0.29, 0.717) is 24.5 Å². The minimum Gasteiger partial charge on any atom is -0.445 e. The van der Waals surface area contributed by atoms with Crippen molar-refractivity contribution in [1.29, 1.82) is 0 Å². The number of urea groups is 1. The highest BCUT2D eigenvalue weighted by Gasteiger charge is 2.04. The summed E-state index contributed by atoms with van der Waals surface area (Å²) in [6.45, 7) is 0.502. The smallest absolute Gasteiger partial charge is 0.319 e. The van der Waals surface area contributed by atoms with Crippen LogP contribution in [0.1, 0.15) is 6.42 Å². The molecule has 0 aliphatic carbocycles. The van der Waals surface area contributed by atoms with E-state index in [1.54, 1.807) is 18.3 Å². The predicted molar refractivity (Wildman–Crippen MR) is 70.7 cm³/mol. The van der Waals surface area contributed by atoms with E-state index < -0.39 is 0 Å². The van der Waals surface area contributed by atoms with E-state index in [-0.39, 0.29) is 12.6 Å². The average molecular weight is 261 g/mol. The minimum atomic E-state index is -0.294. The zero-order valence-electron chi connectivity index (χ0n) is 10.3. The maximum absolute atomic E-state index is 11.5. The molecule has 6 nitrogen and oxygen atoms in total. The number of carbonyl (C=O) groups is 1. The van der Waals surface area contributed by atoms with Crippen LogP contribution in [-0.4, -0.2) is 29.3 Å². The molecular formula is C13H15N3O3. The Morgan fingerprint density at radius 3 is 2.74 bits per heavy atom. The first-order valence-corrected chi connectivity index (χ1v) is 5.95. The number of hydrogen-bond donors (Lipinski definition) is 3. The van der Waals surface area contributed by atoms with E-state index in [0.717, 1.165) is 5.56 Å². The third-order valence-electron chi connectivity index (χ3n) is 2.44. The van der Waals surface area contributed by atoms with Crippen LogP contribution >= 0.6 is 0 Å². The van der Waals surface area contributed by atoms with Gasteiger partial charge in [0.15, 0.2) is 0 Å². The van der Waals surface area contributed by atoms with E-state index >= 15 is 0 Å². The van der Waals surface area contributed by atoms with Crippen molar-refractivity contribution in [1.82, 2.24) is 10.3 Å². The van der Waals surface area contributed by atoms with Crippen LogP contribution in [-0.2, 0) is 0 Å². The zero-order valence-corrected chi connectivity index (χ0v) is 10.3. The Labute approximate surface area is 110 Å². The Morgan fingerprint density at radius 1 is 1.32 bits per heavy atom. The van der Waals surface area contributed by atoms with Crippen LogP contribution in [0.3, 0.4) is 0 Å². The molecule has 0 saturated carbocycles. The average Bonchev–Trinajstić information content (AvgIpc) is 2.94. The van der Waals surface area contributed by atoms with Crippen LogP contribution in [0.25, 0.3) is 11.5 Å². The van der Waals surface area contributed by atoms with Crippen LogP contribution in [0.15, 0.2) is 41.1 Å². The topological polar surface area (TPSA) is 87.4 Å². The van der Waals surface area contributed by atoms with Crippen molar-refractivity contribution in [3.05, 3.63) is 36.7 Å². The molecule has 0 aliphatic heterocycles. The van der Waals surface area contributed by atoms with Gasteiger partial charge in [0.2, 0.25) is 5.89 Å². The Bertz CT molecular complexity index is 508. The lowest BCUT2D eigenvalue weighted by Gasteiger charge is -2.07. The Morgan fingerprint density at radius 2 is 2.11 bits per heavy atom. The number of hydrogen-bond acceptors (Lipinski definition) is 4. The van der Waals surface area contributed by atoms with E-state index in [9.17, 15) is 4.79 Å². The van der Waals surface area contributed by atoms with Crippen molar-refractivity contribution in [2.75, 3.05) is 18.5 Å². The van der Waals surface area contributed by atoms with Gasteiger partial charge in [-0.1, -0.05) is 0 Å². The number of carbonyl (C=O) groups excluding carboxylic acids is 1. The monoisotopic (exact) mass is 261 g/mol. The molecule has 0 bridgehead atoms. The maximum Gasteiger partial charge on any atom is 0.319 e. The van der Waals surface area contributed by atoms with Gasteiger partial charge in [-0.2, -0.15) is 0 Å². The molecule has 100 valence electrons. The van der Waals surface area contributed by atoms with Crippen LogP contribution in [0, 0.1) is 0 Å². The highest BCUT2D eigenvalue weighted by atomic mass is 16.3. The Balaban J connectivity index is 1.90. The van der Waals surface area contributed by atoms with Crippen molar-refractivity contribution >= 4 is 11.7 Å². The lowest BCUT2D eigenvalue weighted by Crippen LogP contribution is -2.29. The van der Waals surface area contributed by atoms with E-state index in [1.165, 1.54) is 6.26 Å². The molecule has 0 unspecified atom stereocenters. The molecule has 0 spiro atoms. The van der Waals surface area contributed by atoms with Crippen molar-refractivity contribution in [3.63, 3.8) is 0 Å². The summed E-state index contributed by atoms with van der Waals surface area (Å²) in [6.07, 6.45) is 3.63. The maximum atomic E-state index is 11.5. The summed E-state index contributed by atoms with van der Waals surface area (Å²) in [5.41, 5.74) is 1.52. The molecule has 2 aromatic rings. The van der Waals surface area contributed by atoms with Gasteiger partial charge >= 0.3 is 6.03 Å². The van der Waals surface area contributed by atoms with Gasteiger partial charge in [-0.15, -0.1) is 0 Å². The van der Waals surface area contributed by atoms with E-state index in [4.69, 9.17) is 9.52 Å². The molecule has 0 saturated heterocycles. The summed E-state index contributed by atoms with van der Waals surface area (Å²) in [6, 6.07) is 6.87. The number of nitrogens with one attached hydrogen (secondary N) is 2. The molecule has 3 N–H and O–H groups in total. The fourth-order valence-corrected chi connectivity index (χ4v) is 1.52. The van der Waals surface area contributed by atoms with Gasteiger partial charge < -0.3 is 20.2 Å². The van der Waals surface area contributed by atoms with Gasteiger partial charge in [0.25, 0.3) is 0 Å².